The van der Waals surface area contributed by atoms with E-state index in [1.165, 1.54) is 32.7 Å². The van der Waals surface area contributed by atoms with Crippen LogP contribution in [0.25, 0.3) is 65.7 Å². The van der Waals surface area contributed by atoms with E-state index in [9.17, 15) is 0 Å². The van der Waals surface area contributed by atoms with Gasteiger partial charge in [-0.15, -0.1) is 0 Å². The van der Waals surface area contributed by atoms with Crippen LogP contribution in [-0.2, 0) is 0 Å². The Bertz CT molecular complexity index is 1990. The average molecular weight is 489 g/mol. The van der Waals surface area contributed by atoms with E-state index in [0.29, 0.717) is 0 Å². The second kappa shape index (κ2) is 8.36. The molecule has 38 heavy (non-hydrogen) atoms. The van der Waals surface area contributed by atoms with Gasteiger partial charge in [0, 0.05) is 38.5 Å². The first-order chi connectivity index (χ1) is 18.5. The number of benzene rings is 7. The predicted molar refractivity (Wildman–Crippen MR) is 165 cm³/mol. The molecule has 0 aliphatic rings. The van der Waals surface area contributed by atoms with Crippen molar-refractivity contribution in [3.8, 4) is 33.4 Å². The van der Waals surface area contributed by atoms with Crippen LogP contribution < -0.4 is 11.5 Å². The second-order valence-corrected chi connectivity index (χ2v) is 10.3. The third-order valence-electron chi connectivity index (χ3n) is 8.08. The largest absolute Gasteiger partial charge is 0.398 e. The van der Waals surface area contributed by atoms with Gasteiger partial charge in [-0.1, -0.05) is 103 Å². The molecule has 0 saturated carbocycles. The van der Waals surface area contributed by atoms with Gasteiger partial charge in [-0.2, -0.15) is 0 Å². The van der Waals surface area contributed by atoms with Crippen LogP contribution in [0.1, 0.15) is 11.1 Å². The Morgan fingerprint density at radius 1 is 0.447 bits per heavy atom. The SMILES string of the molecule is Cc1ccc(-c2c(N)c3ccc4c(-c5ccccc5)cc(N)c5ccc(c2-c2ccccc2)c3c54)cc1C. The highest BCUT2D eigenvalue weighted by molar-refractivity contribution is 6.33. The molecule has 7 aromatic rings. The molecular weight excluding hydrogens is 460 g/mol. The van der Waals surface area contributed by atoms with Gasteiger partial charge in [-0.05, 0) is 69.6 Å². The number of nitrogens with two attached hydrogens (primary N) is 2. The molecule has 4 N–H and O–H groups in total. The van der Waals surface area contributed by atoms with E-state index >= 15 is 0 Å². The van der Waals surface area contributed by atoms with E-state index in [2.05, 4.69) is 117 Å². The highest BCUT2D eigenvalue weighted by Gasteiger charge is 2.23. The van der Waals surface area contributed by atoms with Crippen molar-refractivity contribution < 1.29 is 0 Å². The maximum Gasteiger partial charge on any atom is 0.0480 e. The van der Waals surface area contributed by atoms with Gasteiger partial charge >= 0.3 is 0 Å². The van der Waals surface area contributed by atoms with Crippen molar-refractivity contribution in [1.82, 2.24) is 0 Å². The van der Waals surface area contributed by atoms with Crippen molar-refractivity contribution in [2.45, 2.75) is 13.8 Å². The summed E-state index contributed by atoms with van der Waals surface area (Å²) in [5, 5.41) is 6.86. The van der Waals surface area contributed by atoms with Crippen molar-refractivity contribution in [2.24, 2.45) is 0 Å². The van der Waals surface area contributed by atoms with E-state index in [1.54, 1.807) is 0 Å². The quantitative estimate of drug-likeness (QED) is 0.192. The monoisotopic (exact) mass is 488 g/mol. The van der Waals surface area contributed by atoms with Gasteiger partial charge in [0.2, 0.25) is 0 Å². The second-order valence-electron chi connectivity index (χ2n) is 10.3. The van der Waals surface area contributed by atoms with Crippen LogP contribution in [0.15, 0.2) is 109 Å². The summed E-state index contributed by atoms with van der Waals surface area (Å²) in [6, 6.07) is 38.7. The number of anilines is 2. The van der Waals surface area contributed by atoms with E-state index in [-0.39, 0.29) is 0 Å². The van der Waals surface area contributed by atoms with Gasteiger partial charge in [-0.3, -0.25) is 0 Å². The summed E-state index contributed by atoms with van der Waals surface area (Å²) < 4.78 is 0. The Balaban J connectivity index is 1.69. The van der Waals surface area contributed by atoms with Gasteiger partial charge < -0.3 is 11.5 Å². The summed E-state index contributed by atoms with van der Waals surface area (Å²) in [5.41, 5.74) is 24.8. The molecule has 0 spiro atoms. The molecule has 0 radical (unpaired) electrons. The number of hydrogen-bond donors (Lipinski definition) is 2. The van der Waals surface area contributed by atoms with Crippen molar-refractivity contribution in [3.05, 3.63) is 120 Å². The summed E-state index contributed by atoms with van der Waals surface area (Å²) in [4.78, 5) is 0. The van der Waals surface area contributed by atoms with Crippen molar-refractivity contribution in [3.63, 3.8) is 0 Å². The van der Waals surface area contributed by atoms with E-state index in [0.717, 1.165) is 55.5 Å². The summed E-state index contributed by atoms with van der Waals surface area (Å²) in [6.45, 7) is 4.31. The lowest BCUT2D eigenvalue weighted by atomic mass is 9.82. The molecule has 0 aliphatic heterocycles. The van der Waals surface area contributed by atoms with Gasteiger partial charge in [0.25, 0.3) is 0 Å². The molecule has 0 fully saturated rings. The average Bonchev–Trinajstić information content (AvgIpc) is 2.95. The third-order valence-corrected chi connectivity index (χ3v) is 8.08. The molecular formula is C36H28N2. The van der Waals surface area contributed by atoms with Crippen LogP contribution in [0.2, 0.25) is 0 Å². The summed E-state index contributed by atoms with van der Waals surface area (Å²) in [7, 11) is 0. The fourth-order valence-corrected chi connectivity index (χ4v) is 6.07. The van der Waals surface area contributed by atoms with Gasteiger partial charge in [0.1, 0.15) is 0 Å². The fourth-order valence-electron chi connectivity index (χ4n) is 6.07. The number of nitrogen functional groups attached to an aromatic ring is 2. The van der Waals surface area contributed by atoms with Gasteiger partial charge in [0.05, 0.1) is 0 Å². The fraction of sp³-hybridized carbons (Fsp3) is 0.0556. The molecule has 0 amide bonds. The first kappa shape index (κ1) is 22.4. The van der Waals surface area contributed by atoms with Crippen LogP contribution in [0.3, 0.4) is 0 Å². The van der Waals surface area contributed by atoms with Crippen LogP contribution in [0.4, 0.5) is 11.4 Å². The molecule has 0 saturated heterocycles. The smallest absolute Gasteiger partial charge is 0.0480 e. The number of aryl methyl sites for hydroxylation is 2. The van der Waals surface area contributed by atoms with E-state index in [4.69, 9.17) is 11.5 Å². The normalized spacial score (nSPS) is 11.6. The highest BCUT2D eigenvalue weighted by atomic mass is 14.6. The standard InChI is InChI=1S/C36H28N2/c1-21-13-14-25(19-22(21)2)33-32(24-11-7-4-8-12-24)28-17-16-27-31(37)20-30(23-9-5-3-6-10-23)26-15-18-29(36(33)38)35(28)34(26)27/h3-20H,37-38H2,1-2H3. The zero-order chi connectivity index (χ0) is 26.0. The maximum absolute atomic E-state index is 7.14. The Kier molecular flexibility index (Phi) is 4.92. The molecule has 2 nitrogen and oxygen atoms in total. The third kappa shape index (κ3) is 3.20. The minimum atomic E-state index is 0.781. The molecule has 7 rings (SSSR count). The molecule has 0 unspecified atom stereocenters. The number of hydrogen-bond acceptors (Lipinski definition) is 2. The van der Waals surface area contributed by atoms with Crippen LogP contribution >= 0.6 is 0 Å². The summed E-state index contributed by atoms with van der Waals surface area (Å²) in [5.74, 6) is 0. The lowest BCUT2D eigenvalue weighted by molar-refractivity contribution is 1.34. The first-order valence-corrected chi connectivity index (χ1v) is 13.0. The molecule has 0 aromatic heterocycles. The molecule has 0 heterocycles. The van der Waals surface area contributed by atoms with Crippen LogP contribution in [-0.4, -0.2) is 0 Å². The van der Waals surface area contributed by atoms with E-state index in [1.807, 2.05) is 6.07 Å². The Morgan fingerprint density at radius 3 is 1.76 bits per heavy atom. The predicted octanol–water partition coefficient (Wildman–Crippen LogP) is 9.37. The van der Waals surface area contributed by atoms with Gasteiger partial charge in [-0.25, -0.2) is 0 Å². The number of rotatable bonds is 3. The van der Waals surface area contributed by atoms with Crippen molar-refractivity contribution >= 4 is 43.7 Å². The highest BCUT2D eigenvalue weighted by Crippen LogP contribution is 2.50. The molecule has 0 atom stereocenters. The minimum absolute atomic E-state index is 0.781. The molecule has 0 aliphatic carbocycles. The Morgan fingerprint density at radius 2 is 1.05 bits per heavy atom. The maximum atomic E-state index is 7.14. The molecule has 182 valence electrons. The summed E-state index contributed by atoms with van der Waals surface area (Å²) >= 11 is 0. The topological polar surface area (TPSA) is 52.0 Å². The zero-order valence-corrected chi connectivity index (χ0v) is 21.5. The molecule has 2 heteroatoms. The molecule has 0 bridgehead atoms. The Hall–Kier alpha value is -4.82. The lowest BCUT2D eigenvalue weighted by Crippen LogP contribution is -2.00. The summed E-state index contributed by atoms with van der Waals surface area (Å²) in [6.07, 6.45) is 0. The lowest BCUT2D eigenvalue weighted by Gasteiger charge is -2.23. The van der Waals surface area contributed by atoms with E-state index < -0.39 is 0 Å². The van der Waals surface area contributed by atoms with Crippen LogP contribution in [0.5, 0.6) is 0 Å². The minimum Gasteiger partial charge on any atom is -0.398 e. The zero-order valence-electron chi connectivity index (χ0n) is 21.5. The van der Waals surface area contributed by atoms with Crippen molar-refractivity contribution in [2.75, 3.05) is 11.5 Å². The van der Waals surface area contributed by atoms with Crippen molar-refractivity contribution in [1.29, 1.82) is 0 Å². The first-order valence-electron chi connectivity index (χ1n) is 13.0. The molecule has 7 aromatic carbocycles. The Labute approximate surface area is 222 Å². The van der Waals surface area contributed by atoms with Gasteiger partial charge in [0.15, 0.2) is 0 Å². The van der Waals surface area contributed by atoms with Crippen LogP contribution in [0, 0.1) is 13.8 Å².